The zero-order chi connectivity index (χ0) is 14.1. The molecule has 0 aromatic heterocycles. The van der Waals surface area contributed by atoms with Gasteiger partial charge in [0, 0.05) is 5.69 Å². The van der Waals surface area contributed by atoms with E-state index in [-0.39, 0.29) is 5.41 Å². The first-order chi connectivity index (χ1) is 8.83. The normalized spacial score (nSPS) is 29.7. The first-order valence-electron chi connectivity index (χ1n) is 6.90. The van der Waals surface area contributed by atoms with Crippen molar-refractivity contribution in [1.29, 1.82) is 0 Å². The van der Waals surface area contributed by atoms with E-state index in [4.69, 9.17) is 0 Å². The van der Waals surface area contributed by atoms with Gasteiger partial charge in [0.1, 0.15) is 5.54 Å². The molecule has 0 bridgehead atoms. The molecule has 1 aromatic rings. The second-order valence-electron chi connectivity index (χ2n) is 6.73. The largest absolute Gasteiger partial charge is 0.480 e. The minimum atomic E-state index is -0.845. The fourth-order valence-electron chi connectivity index (χ4n) is 3.68. The third kappa shape index (κ3) is 3.09. The summed E-state index contributed by atoms with van der Waals surface area (Å²) in [5.74, 6) is -0.327. The number of aliphatic carboxylic acids is 1. The van der Waals surface area contributed by atoms with E-state index in [1.807, 2.05) is 30.3 Å². The van der Waals surface area contributed by atoms with Crippen LogP contribution in [0.4, 0.5) is 5.69 Å². The van der Waals surface area contributed by atoms with E-state index in [1.54, 1.807) is 0 Å². The van der Waals surface area contributed by atoms with Gasteiger partial charge in [-0.05, 0) is 42.7 Å². The first-order valence-corrected chi connectivity index (χ1v) is 6.90. The Bertz CT molecular complexity index is 455. The van der Waals surface area contributed by atoms with Crippen molar-refractivity contribution in [3.05, 3.63) is 30.3 Å². The molecule has 1 aromatic carbocycles. The van der Waals surface area contributed by atoms with Gasteiger partial charge in [-0.15, -0.1) is 0 Å². The van der Waals surface area contributed by atoms with Crippen molar-refractivity contribution in [1.82, 2.24) is 0 Å². The lowest BCUT2D eigenvalue weighted by molar-refractivity contribution is -0.145. The maximum Gasteiger partial charge on any atom is 0.329 e. The fourth-order valence-corrected chi connectivity index (χ4v) is 3.68. The molecule has 2 unspecified atom stereocenters. The summed E-state index contributed by atoms with van der Waals surface area (Å²) in [7, 11) is 0. The molecule has 0 heterocycles. The number of para-hydroxylation sites is 1. The average molecular weight is 261 g/mol. The number of rotatable bonds is 3. The summed E-state index contributed by atoms with van der Waals surface area (Å²) < 4.78 is 0. The van der Waals surface area contributed by atoms with Crippen LogP contribution in [0.1, 0.15) is 40.0 Å². The zero-order valence-corrected chi connectivity index (χ0v) is 11.9. The van der Waals surface area contributed by atoms with Crippen molar-refractivity contribution < 1.29 is 9.90 Å². The first kappa shape index (κ1) is 13.9. The average Bonchev–Trinajstić information content (AvgIpc) is 2.27. The highest BCUT2D eigenvalue weighted by molar-refractivity contribution is 5.83. The number of hydrogen-bond donors (Lipinski definition) is 2. The van der Waals surface area contributed by atoms with Crippen molar-refractivity contribution in [3.63, 3.8) is 0 Å². The van der Waals surface area contributed by atoms with E-state index < -0.39 is 11.5 Å². The van der Waals surface area contributed by atoms with Gasteiger partial charge in [0.25, 0.3) is 0 Å². The molecule has 104 valence electrons. The third-order valence-electron chi connectivity index (χ3n) is 3.95. The Kier molecular flexibility index (Phi) is 3.57. The molecule has 1 aliphatic rings. The summed E-state index contributed by atoms with van der Waals surface area (Å²) in [6.07, 6.45) is 2.42. The second kappa shape index (κ2) is 4.87. The molecule has 2 rings (SSSR count). The lowest BCUT2D eigenvalue weighted by Crippen LogP contribution is -2.53. The minimum absolute atomic E-state index is 0.0534. The van der Waals surface area contributed by atoms with Gasteiger partial charge in [-0.2, -0.15) is 0 Å². The molecule has 0 aliphatic heterocycles. The Labute approximate surface area is 115 Å². The van der Waals surface area contributed by atoms with Gasteiger partial charge in [0.15, 0.2) is 0 Å². The molecule has 1 aliphatic carbocycles. The number of carbonyl (C=O) groups is 1. The predicted octanol–water partition coefficient (Wildman–Crippen LogP) is 3.77. The van der Waals surface area contributed by atoms with Crippen molar-refractivity contribution in [2.45, 2.75) is 45.6 Å². The molecule has 1 fully saturated rings. The summed E-state index contributed by atoms with van der Waals surface area (Å²) in [4.78, 5) is 11.9. The van der Waals surface area contributed by atoms with E-state index in [1.165, 1.54) is 0 Å². The maximum atomic E-state index is 11.9. The van der Waals surface area contributed by atoms with Crippen molar-refractivity contribution >= 4 is 11.7 Å². The highest BCUT2D eigenvalue weighted by Crippen LogP contribution is 2.45. The number of hydrogen-bond acceptors (Lipinski definition) is 2. The zero-order valence-electron chi connectivity index (χ0n) is 11.9. The highest BCUT2D eigenvalue weighted by Gasteiger charge is 2.48. The van der Waals surface area contributed by atoms with Gasteiger partial charge in [-0.25, -0.2) is 4.79 Å². The van der Waals surface area contributed by atoms with Crippen LogP contribution >= 0.6 is 0 Å². The van der Waals surface area contributed by atoms with Gasteiger partial charge in [-0.1, -0.05) is 39.0 Å². The van der Waals surface area contributed by atoms with Crippen molar-refractivity contribution in [2.75, 3.05) is 5.32 Å². The number of anilines is 1. The van der Waals surface area contributed by atoms with Crippen LogP contribution in [-0.4, -0.2) is 16.6 Å². The summed E-state index contributed by atoms with van der Waals surface area (Å²) in [6.45, 7) is 6.46. The molecule has 0 amide bonds. The predicted molar refractivity (Wildman–Crippen MR) is 77.2 cm³/mol. The molecule has 2 N–H and O–H groups in total. The van der Waals surface area contributed by atoms with Crippen LogP contribution in [0.15, 0.2) is 30.3 Å². The molecule has 19 heavy (non-hydrogen) atoms. The second-order valence-corrected chi connectivity index (χ2v) is 6.73. The Morgan fingerprint density at radius 1 is 1.26 bits per heavy atom. The summed E-state index contributed by atoms with van der Waals surface area (Å²) >= 11 is 0. The van der Waals surface area contributed by atoms with Crippen LogP contribution in [0.3, 0.4) is 0 Å². The van der Waals surface area contributed by atoms with Crippen molar-refractivity contribution in [3.8, 4) is 0 Å². The molecular weight excluding hydrogens is 238 g/mol. The molecule has 0 spiro atoms. The minimum Gasteiger partial charge on any atom is -0.480 e. The summed E-state index contributed by atoms with van der Waals surface area (Å²) in [5, 5.41) is 13.0. The Balaban J connectivity index is 2.30. The SMILES string of the molecule is CC1CC(C)(C)CC(Nc2ccccc2)(C(=O)O)C1. The number of benzene rings is 1. The van der Waals surface area contributed by atoms with Crippen LogP contribution in [0, 0.1) is 11.3 Å². The Morgan fingerprint density at radius 2 is 1.89 bits per heavy atom. The molecule has 0 radical (unpaired) electrons. The topological polar surface area (TPSA) is 49.3 Å². The third-order valence-corrected chi connectivity index (χ3v) is 3.95. The summed E-state index contributed by atoms with van der Waals surface area (Å²) in [6, 6.07) is 9.64. The van der Waals surface area contributed by atoms with Crippen LogP contribution in [0.25, 0.3) is 0 Å². The molecule has 0 saturated heterocycles. The maximum absolute atomic E-state index is 11.9. The van der Waals surface area contributed by atoms with Gasteiger partial charge in [0.2, 0.25) is 0 Å². The molecular formula is C16H23NO2. The van der Waals surface area contributed by atoms with E-state index in [9.17, 15) is 9.90 Å². The fraction of sp³-hybridized carbons (Fsp3) is 0.562. The van der Waals surface area contributed by atoms with Crippen LogP contribution in [0.2, 0.25) is 0 Å². The number of carboxylic acid groups (broad SMARTS) is 1. The van der Waals surface area contributed by atoms with Crippen LogP contribution < -0.4 is 5.32 Å². The quantitative estimate of drug-likeness (QED) is 0.870. The van der Waals surface area contributed by atoms with Crippen LogP contribution in [0.5, 0.6) is 0 Å². The van der Waals surface area contributed by atoms with Gasteiger partial charge < -0.3 is 10.4 Å². The lowest BCUT2D eigenvalue weighted by atomic mass is 9.64. The van der Waals surface area contributed by atoms with E-state index in [0.29, 0.717) is 18.8 Å². The monoisotopic (exact) mass is 261 g/mol. The van der Waals surface area contributed by atoms with Gasteiger partial charge in [0.05, 0.1) is 0 Å². The number of nitrogens with one attached hydrogen (secondary N) is 1. The molecule has 3 nitrogen and oxygen atoms in total. The highest BCUT2D eigenvalue weighted by atomic mass is 16.4. The van der Waals surface area contributed by atoms with E-state index in [0.717, 1.165) is 12.1 Å². The Hall–Kier alpha value is -1.51. The molecule has 2 atom stereocenters. The van der Waals surface area contributed by atoms with Crippen LogP contribution in [-0.2, 0) is 4.79 Å². The summed E-state index contributed by atoms with van der Waals surface area (Å²) in [5.41, 5.74) is 0.0928. The van der Waals surface area contributed by atoms with Crippen molar-refractivity contribution in [2.24, 2.45) is 11.3 Å². The smallest absolute Gasteiger partial charge is 0.329 e. The molecule has 1 saturated carbocycles. The van der Waals surface area contributed by atoms with Gasteiger partial charge in [-0.3, -0.25) is 0 Å². The van der Waals surface area contributed by atoms with E-state index in [2.05, 4.69) is 26.1 Å². The number of carboxylic acids is 1. The van der Waals surface area contributed by atoms with E-state index >= 15 is 0 Å². The lowest BCUT2D eigenvalue weighted by Gasteiger charge is -2.45. The Morgan fingerprint density at radius 3 is 2.42 bits per heavy atom. The standard InChI is InChI=1S/C16H23NO2/c1-12-9-15(2,3)11-16(10-12,14(18)19)17-13-7-5-4-6-8-13/h4-8,12,17H,9-11H2,1-3H3,(H,18,19). The molecule has 3 heteroatoms. The van der Waals surface area contributed by atoms with Gasteiger partial charge >= 0.3 is 5.97 Å².